The highest BCUT2D eigenvalue weighted by molar-refractivity contribution is 7.92. The Bertz CT molecular complexity index is 1660. The monoisotopic (exact) mass is 615 g/mol. The molecule has 0 saturated carbocycles. The molecule has 9 nitrogen and oxygen atoms in total. The normalized spacial score (nSPS) is 11.0. The van der Waals surface area contributed by atoms with Gasteiger partial charge in [0.15, 0.2) is 0 Å². The zero-order chi connectivity index (χ0) is 31.5. The van der Waals surface area contributed by atoms with Crippen molar-refractivity contribution in [1.82, 2.24) is 5.32 Å². The van der Waals surface area contributed by atoms with Gasteiger partial charge in [0.05, 0.1) is 11.9 Å². The summed E-state index contributed by atoms with van der Waals surface area (Å²) in [4.78, 5) is 24.5. The van der Waals surface area contributed by atoms with Crippen LogP contribution in [0.5, 0.6) is 11.5 Å². The summed E-state index contributed by atoms with van der Waals surface area (Å²) < 4.78 is 32.5. The van der Waals surface area contributed by atoms with Gasteiger partial charge in [-0.2, -0.15) is 0 Å². The van der Waals surface area contributed by atoms with Gasteiger partial charge in [0.2, 0.25) is 15.9 Å². The number of anilines is 2. The van der Waals surface area contributed by atoms with Crippen LogP contribution in [0, 0.1) is 6.92 Å². The SMILES string of the molecule is Cc1c(NS(C)(=O)=O)cccc1N(Cc1ccccc1)Cc1ccc(Oc2ccc(CCCC(=O)NCC(=O)O)cc2)cc1. The summed E-state index contributed by atoms with van der Waals surface area (Å²) in [6.07, 6.45) is 2.73. The van der Waals surface area contributed by atoms with Gasteiger partial charge in [0, 0.05) is 25.2 Å². The summed E-state index contributed by atoms with van der Waals surface area (Å²) in [7, 11) is -3.42. The zero-order valence-corrected chi connectivity index (χ0v) is 25.6. The van der Waals surface area contributed by atoms with Gasteiger partial charge in [0.25, 0.3) is 0 Å². The Morgan fingerprint density at radius 2 is 1.39 bits per heavy atom. The number of hydrogen-bond donors (Lipinski definition) is 3. The molecule has 0 heterocycles. The first kappa shape index (κ1) is 32.1. The summed E-state index contributed by atoms with van der Waals surface area (Å²) in [6, 6.07) is 31.3. The van der Waals surface area contributed by atoms with E-state index in [9.17, 15) is 18.0 Å². The first-order valence-electron chi connectivity index (χ1n) is 14.3. The standard InChI is InChI=1S/C34H37N3O6S/c1-25-31(36-44(2,41)42)11-7-12-32(25)37(23-27-8-4-3-5-9-27)24-28-16-20-30(21-17-28)43-29-18-14-26(15-19-29)10-6-13-33(38)35-22-34(39)40/h3-5,7-9,11-12,14-21,36H,6,10,13,22-24H2,1-2H3,(H,35,38)(H,39,40). The number of aryl methyl sites for hydroxylation is 1. The molecule has 10 heteroatoms. The Morgan fingerprint density at radius 1 is 0.795 bits per heavy atom. The summed E-state index contributed by atoms with van der Waals surface area (Å²) in [5, 5.41) is 11.0. The number of hydrogen-bond acceptors (Lipinski definition) is 6. The first-order valence-corrected chi connectivity index (χ1v) is 16.2. The number of carboxylic acids is 1. The highest BCUT2D eigenvalue weighted by atomic mass is 32.2. The predicted octanol–water partition coefficient (Wildman–Crippen LogP) is 5.89. The summed E-state index contributed by atoms with van der Waals surface area (Å²) >= 11 is 0. The highest BCUT2D eigenvalue weighted by Crippen LogP contribution is 2.30. The Labute approximate surface area is 258 Å². The van der Waals surface area contributed by atoms with Crippen molar-refractivity contribution in [2.75, 3.05) is 22.4 Å². The number of sulfonamides is 1. The van der Waals surface area contributed by atoms with Crippen molar-refractivity contribution in [1.29, 1.82) is 0 Å². The summed E-state index contributed by atoms with van der Waals surface area (Å²) in [6.45, 7) is 2.79. The third-order valence-corrected chi connectivity index (χ3v) is 7.51. The Kier molecular flexibility index (Phi) is 11.0. The number of nitrogens with zero attached hydrogens (tertiary/aromatic N) is 1. The van der Waals surface area contributed by atoms with Crippen LogP contribution in [0.3, 0.4) is 0 Å². The topological polar surface area (TPSA) is 125 Å². The molecular formula is C34H37N3O6S. The number of ether oxygens (including phenoxy) is 1. The second kappa shape index (κ2) is 15.1. The smallest absolute Gasteiger partial charge is 0.322 e. The van der Waals surface area contributed by atoms with Gasteiger partial charge in [-0.1, -0.05) is 60.7 Å². The Hall–Kier alpha value is -4.83. The third kappa shape index (κ3) is 10.2. The fraction of sp³-hybridized carbons (Fsp3) is 0.235. The second-order valence-electron chi connectivity index (χ2n) is 10.6. The number of amides is 1. The number of carbonyl (C=O) groups is 2. The molecule has 4 aromatic rings. The fourth-order valence-electron chi connectivity index (χ4n) is 4.77. The lowest BCUT2D eigenvalue weighted by Crippen LogP contribution is -2.28. The van der Waals surface area contributed by atoms with Crippen molar-refractivity contribution in [2.24, 2.45) is 0 Å². The molecule has 4 rings (SSSR count). The Balaban J connectivity index is 1.40. The van der Waals surface area contributed by atoms with Gasteiger partial charge in [-0.3, -0.25) is 14.3 Å². The van der Waals surface area contributed by atoms with Crippen molar-refractivity contribution < 1.29 is 27.9 Å². The van der Waals surface area contributed by atoms with Gasteiger partial charge in [-0.15, -0.1) is 0 Å². The van der Waals surface area contributed by atoms with Gasteiger partial charge < -0.3 is 20.1 Å². The molecule has 44 heavy (non-hydrogen) atoms. The molecule has 0 aromatic heterocycles. The van der Waals surface area contributed by atoms with Gasteiger partial charge in [0.1, 0.15) is 18.0 Å². The van der Waals surface area contributed by atoms with Crippen molar-refractivity contribution in [3.05, 3.63) is 119 Å². The number of carbonyl (C=O) groups excluding carboxylic acids is 1. The van der Waals surface area contributed by atoms with Crippen LogP contribution in [0.1, 0.15) is 35.1 Å². The molecule has 0 aliphatic heterocycles. The highest BCUT2D eigenvalue weighted by Gasteiger charge is 2.15. The molecule has 0 fully saturated rings. The molecular weight excluding hydrogens is 578 g/mol. The van der Waals surface area contributed by atoms with E-state index in [1.165, 1.54) is 0 Å². The maximum atomic E-state index is 11.9. The number of rotatable bonds is 15. The van der Waals surface area contributed by atoms with Crippen molar-refractivity contribution in [2.45, 2.75) is 39.3 Å². The molecule has 4 aromatic carbocycles. The van der Waals surface area contributed by atoms with Gasteiger partial charge in [-0.05, 0) is 78.4 Å². The zero-order valence-electron chi connectivity index (χ0n) is 24.8. The molecule has 0 saturated heterocycles. The molecule has 230 valence electrons. The fourth-order valence-corrected chi connectivity index (χ4v) is 5.39. The van der Waals surface area contributed by atoms with E-state index in [1.54, 1.807) is 6.07 Å². The number of aliphatic carboxylic acids is 1. The summed E-state index contributed by atoms with van der Waals surface area (Å²) in [5.74, 6) is 0.0568. The molecule has 0 radical (unpaired) electrons. The number of carboxylic acid groups (broad SMARTS) is 1. The van der Waals surface area contributed by atoms with Gasteiger partial charge >= 0.3 is 5.97 Å². The van der Waals surface area contributed by atoms with Gasteiger partial charge in [-0.25, -0.2) is 8.42 Å². The molecule has 0 aliphatic carbocycles. The van der Waals surface area contributed by atoms with Crippen LogP contribution in [0.2, 0.25) is 0 Å². The molecule has 3 N–H and O–H groups in total. The third-order valence-electron chi connectivity index (χ3n) is 6.92. The van der Waals surface area contributed by atoms with Crippen LogP contribution in [0.4, 0.5) is 11.4 Å². The van der Waals surface area contributed by atoms with E-state index >= 15 is 0 Å². The first-order chi connectivity index (χ1) is 21.1. The van der Waals surface area contributed by atoms with Crippen LogP contribution in [0.15, 0.2) is 97.1 Å². The molecule has 0 unspecified atom stereocenters. The van der Waals surface area contributed by atoms with Crippen LogP contribution >= 0.6 is 0 Å². The van der Waals surface area contributed by atoms with Crippen LogP contribution in [-0.2, 0) is 39.1 Å². The van der Waals surface area contributed by atoms with E-state index in [0.717, 1.165) is 34.2 Å². The molecule has 1 amide bonds. The predicted molar refractivity (Wildman–Crippen MR) is 173 cm³/mol. The van der Waals surface area contributed by atoms with E-state index in [2.05, 4.69) is 27.1 Å². The van der Waals surface area contributed by atoms with Crippen LogP contribution < -0.4 is 19.7 Å². The lowest BCUT2D eigenvalue weighted by Gasteiger charge is -2.28. The van der Waals surface area contributed by atoms with Crippen LogP contribution in [-0.4, -0.2) is 38.2 Å². The maximum absolute atomic E-state index is 11.9. The van der Waals surface area contributed by atoms with Crippen molar-refractivity contribution in [3.8, 4) is 11.5 Å². The van der Waals surface area contributed by atoms with E-state index in [4.69, 9.17) is 9.84 Å². The summed E-state index contributed by atoms with van der Waals surface area (Å²) in [5.41, 5.74) is 5.60. The van der Waals surface area contributed by atoms with E-state index in [-0.39, 0.29) is 18.9 Å². The average molecular weight is 616 g/mol. The second-order valence-corrected chi connectivity index (χ2v) is 12.3. The van der Waals surface area contributed by atoms with E-state index in [1.807, 2.05) is 85.8 Å². The number of nitrogens with one attached hydrogen (secondary N) is 2. The Morgan fingerprint density at radius 3 is 1.98 bits per heavy atom. The molecule has 0 aliphatic rings. The minimum absolute atomic E-state index is 0.267. The molecule has 0 spiro atoms. The minimum atomic E-state index is -3.42. The lowest BCUT2D eigenvalue weighted by atomic mass is 10.1. The largest absolute Gasteiger partial charge is 0.480 e. The average Bonchev–Trinajstić information content (AvgIpc) is 2.98. The quantitative estimate of drug-likeness (QED) is 0.152. The van der Waals surface area contributed by atoms with Crippen molar-refractivity contribution in [3.63, 3.8) is 0 Å². The lowest BCUT2D eigenvalue weighted by molar-refractivity contribution is -0.137. The minimum Gasteiger partial charge on any atom is -0.480 e. The van der Waals surface area contributed by atoms with Crippen LogP contribution in [0.25, 0.3) is 0 Å². The molecule has 0 atom stereocenters. The van der Waals surface area contributed by atoms with E-state index in [0.29, 0.717) is 43.1 Å². The van der Waals surface area contributed by atoms with E-state index < -0.39 is 16.0 Å². The number of benzene rings is 4. The maximum Gasteiger partial charge on any atom is 0.322 e. The van der Waals surface area contributed by atoms with Crippen molar-refractivity contribution >= 4 is 33.3 Å². The molecule has 0 bridgehead atoms.